The minimum atomic E-state index is 0. The van der Waals surface area contributed by atoms with Crippen molar-refractivity contribution in [3.63, 3.8) is 0 Å². The highest BCUT2D eigenvalue weighted by Gasteiger charge is 2.12. The van der Waals surface area contributed by atoms with Gasteiger partial charge in [-0.1, -0.05) is 43.7 Å². The van der Waals surface area contributed by atoms with E-state index in [1.807, 2.05) is 25.1 Å². The van der Waals surface area contributed by atoms with Gasteiger partial charge in [0, 0.05) is 19.8 Å². The molecule has 162 valence electrons. The number of nitrogens with one attached hydrogen (secondary N) is 1. The van der Waals surface area contributed by atoms with Crippen molar-refractivity contribution in [3.05, 3.63) is 58.1 Å². The number of ether oxygens (including phenoxy) is 3. The molecular formula is C23H33BrClNO3. The molecule has 0 aliphatic heterocycles. The van der Waals surface area contributed by atoms with Gasteiger partial charge >= 0.3 is 0 Å². The van der Waals surface area contributed by atoms with Crippen LogP contribution < -0.4 is 14.8 Å². The zero-order valence-electron chi connectivity index (χ0n) is 17.4. The van der Waals surface area contributed by atoms with Crippen LogP contribution in [-0.2, 0) is 17.9 Å². The third kappa shape index (κ3) is 9.85. The van der Waals surface area contributed by atoms with Crippen LogP contribution in [0, 0.1) is 0 Å². The van der Waals surface area contributed by atoms with Crippen molar-refractivity contribution in [1.82, 2.24) is 5.32 Å². The number of rotatable bonds is 14. The lowest BCUT2D eigenvalue weighted by molar-refractivity contribution is 0.129. The standard InChI is InChI=1S/C23H32BrNO3.ClH/c1-3-5-13-26-14-9-12-25-17-20-15-21(24)23(22(16-20)27-4-2)28-18-19-10-7-6-8-11-19;/h6-8,10-11,15-16,25H,3-5,9,12-14,17-18H2,1-2H3;1H. The molecule has 0 saturated heterocycles. The van der Waals surface area contributed by atoms with Crippen molar-refractivity contribution in [1.29, 1.82) is 0 Å². The summed E-state index contributed by atoms with van der Waals surface area (Å²) in [4.78, 5) is 0. The summed E-state index contributed by atoms with van der Waals surface area (Å²) < 4.78 is 18.4. The molecule has 0 heterocycles. The molecule has 0 aliphatic carbocycles. The highest BCUT2D eigenvalue weighted by molar-refractivity contribution is 9.10. The number of unbranched alkanes of at least 4 members (excludes halogenated alkanes) is 1. The minimum absolute atomic E-state index is 0. The number of benzene rings is 2. The predicted molar refractivity (Wildman–Crippen MR) is 125 cm³/mol. The van der Waals surface area contributed by atoms with E-state index in [1.54, 1.807) is 0 Å². The molecule has 2 rings (SSSR count). The second kappa shape index (κ2) is 15.6. The van der Waals surface area contributed by atoms with Crippen molar-refractivity contribution < 1.29 is 14.2 Å². The van der Waals surface area contributed by atoms with Gasteiger partial charge in [0.05, 0.1) is 11.1 Å². The van der Waals surface area contributed by atoms with Crippen LogP contribution >= 0.6 is 28.3 Å². The van der Waals surface area contributed by atoms with Crippen molar-refractivity contribution in [2.24, 2.45) is 0 Å². The normalized spacial score (nSPS) is 10.4. The Labute approximate surface area is 189 Å². The second-order valence-corrected chi connectivity index (χ2v) is 7.46. The number of halogens is 2. The van der Waals surface area contributed by atoms with Crippen LogP contribution in [0.2, 0.25) is 0 Å². The van der Waals surface area contributed by atoms with Crippen molar-refractivity contribution in [2.45, 2.75) is 46.3 Å². The lowest BCUT2D eigenvalue weighted by Gasteiger charge is -2.16. The van der Waals surface area contributed by atoms with Crippen molar-refractivity contribution >= 4 is 28.3 Å². The molecule has 0 unspecified atom stereocenters. The summed E-state index contributed by atoms with van der Waals surface area (Å²) in [6.45, 7) is 8.66. The lowest BCUT2D eigenvalue weighted by atomic mass is 10.2. The zero-order valence-corrected chi connectivity index (χ0v) is 19.8. The highest BCUT2D eigenvalue weighted by atomic mass is 79.9. The quantitative estimate of drug-likeness (QED) is 0.325. The Bertz CT molecular complexity index is 685. The summed E-state index contributed by atoms with van der Waals surface area (Å²) in [5, 5.41) is 3.47. The van der Waals surface area contributed by atoms with Gasteiger partial charge in [-0.25, -0.2) is 0 Å². The van der Waals surface area contributed by atoms with Gasteiger partial charge in [0.1, 0.15) is 6.61 Å². The van der Waals surface area contributed by atoms with Gasteiger partial charge in [0.15, 0.2) is 11.5 Å². The van der Waals surface area contributed by atoms with Gasteiger partial charge in [-0.3, -0.25) is 0 Å². The van der Waals surface area contributed by atoms with E-state index in [-0.39, 0.29) is 12.4 Å². The Morgan fingerprint density at radius 1 is 0.931 bits per heavy atom. The van der Waals surface area contributed by atoms with Gasteiger partial charge in [-0.2, -0.15) is 0 Å². The first kappa shape index (κ1) is 25.8. The van der Waals surface area contributed by atoms with E-state index in [0.717, 1.165) is 66.2 Å². The number of hydrogen-bond acceptors (Lipinski definition) is 4. The Kier molecular flexibility index (Phi) is 13.8. The molecule has 0 aromatic heterocycles. The lowest BCUT2D eigenvalue weighted by Crippen LogP contribution is -2.16. The molecule has 29 heavy (non-hydrogen) atoms. The SMILES string of the molecule is CCCCOCCCNCc1cc(Br)c(OCc2ccccc2)c(OCC)c1.Cl. The first-order chi connectivity index (χ1) is 13.7. The smallest absolute Gasteiger partial charge is 0.175 e. The van der Waals surface area contributed by atoms with E-state index in [2.05, 4.69) is 52.4 Å². The fourth-order valence-electron chi connectivity index (χ4n) is 2.74. The van der Waals surface area contributed by atoms with E-state index >= 15 is 0 Å². The maximum atomic E-state index is 6.04. The summed E-state index contributed by atoms with van der Waals surface area (Å²) in [7, 11) is 0. The summed E-state index contributed by atoms with van der Waals surface area (Å²) in [6.07, 6.45) is 3.34. The molecule has 2 aromatic rings. The molecule has 6 heteroatoms. The average Bonchev–Trinajstić information content (AvgIpc) is 2.70. The Balaban J connectivity index is 0.00000420. The van der Waals surface area contributed by atoms with Gasteiger partial charge in [-0.05, 0) is 65.5 Å². The molecule has 2 aromatic carbocycles. The van der Waals surface area contributed by atoms with Crippen LogP contribution in [0.3, 0.4) is 0 Å². The Morgan fingerprint density at radius 3 is 2.41 bits per heavy atom. The van der Waals surface area contributed by atoms with E-state index in [1.165, 1.54) is 6.42 Å². The minimum Gasteiger partial charge on any atom is -0.490 e. The summed E-state index contributed by atoms with van der Waals surface area (Å²) in [5.41, 5.74) is 2.29. The van der Waals surface area contributed by atoms with E-state index < -0.39 is 0 Å². The molecule has 0 saturated carbocycles. The Hall–Kier alpha value is -1.27. The molecule has 0 aliphatic rings. The van der Waals surface area contributed by atoms with Crippen LogP contribution in [0.1, 0.15) is 44.2 Å². The van der Waals surface area contributed by atoms with Crippen LogP contribution in [0.15, 0.2) is 46.9 Å². The van der Waals surface area contributed by atoms with Crippen molar-refractivity contribution in [2.75, 3.05) is 26.4 Å². The van der Waals surface area contributed by atoms with E-state index in [9.17, 15) is 0 Å². The molecule has 0 radical (unpaired) electrons. The molecule has 1 N–H and O–H groups in total. The number of hydrogen-bond donors (Lipinski definition) is 1. The fourth-order valence-corrected chi connectivity index (χ4v) is 3.34. The first-order valence-corrected chi connectivity index (χ1v) is 10.9. The molecule has 0 spiro atoms. The predicted octanol–water partition coefficient (Wildman–Crippen LogP) is 6.15. The average molecular weight is 487 g/mol. The zero-order chi connectivity index (χ0) is 20.0. The highest BCUT2D eigenvalue weighted by Crippen LogP contribution is 2.37. The third-order valence-electron chi connectivity index (χ3n) is 4.21. The van der Waals surface area contributed by atoms with E-state index in [0.29, 0.717) is 13.2 Å². The summed E-state index contributed by atoms with van der Waals surface area (Å²) >= 11 is 3.65. The van der Waals surface area contributed by atoms with Gasteiger partial charge < -0.3 is 19.5 Å². The maximum Gasteiger partial charge on any atom is 0.175 e. The van der Waals surface area contributed by atoms with Crippen LogP contribution in [0.5, 0.6) is 11.5 Å². The molecule has 0 bridgehead atoms. The van der Waals surface area contributed by atoms with E-state index in [4.69, 9.17) is 14.2 Å². The molecule has 0 amide bonds. The molecule has 4 nitrogen and oxygen atoms in total. The summed E-state index contributed by atoms with van der Waals surface area (Å²) in [5.74, 6) is 1.52. The monoisotopic (exact) mass is 485 g/mol. The third-order valence-corrected chi connectivity index (χ3v) is 4.80. The topological polar surface area (TPSA) is 39.7 Å². The fraction of sp³-hybridized carbons (Fsp3) is 0.478. The maximum absolute atomic E-state index is 6.04. The second-order valence-electron chi connectivity index (χ2n) is 6.61. The molecule has 0 atom stereocenters. The Morgan fingerprint density at radius 2 is 1.69 bits per heavy atom. The van der Waals surface area contributed by atoms with Crippen LogP contribution in [0.4, 0.5) is 0 Å². The van der Waals surface area contributed by atoms with Crippen LogP contribution in [0.25, 0.3) is 0 Å². The van der Waals surface area contributed by atoms with Crippen molar-refractivity contribution in [3.8, 4) is 11.5 Å². The molecule has 0 fully saturated rings. The largest absolute Gasteiger partial charge is 0.490 e. The first-order valence-electron chi connectivity index (χ1n) is 10.1. The summed E-state index contributed by atoms with van der Waals surface area (Å²) in [6, 6.07) is 14.3. The van der Waals surface area contributed by atoms with Crippen LogP contribution in [-0.4, -0.2) is 26.4 Å². The molecular weight excluding hydrogens is 454 g/mol. The van der Waals surface area contributed by atoms with Gasteiger partial charge in [-0.15, -0.1) is 12.4 Å². The van der Waals surface area contributed by atoms with Gasteiger partial charge in [0.2, 0.25) is 0 Å². The van der Waals surface area contributed by atoms with Gasteiger partial charge in [0.25, 0.3) is 0 Å².